The van der Waals surface area contributed by atoms with Gasteiger partial charge in [-0.1, -0.05) is 11.6 Å². The molecular weight excluding hydrogens is 272 g/mol. The van der Waals surface area contributed by atoms with Crippen LogP contribution in [0.15, 0.2) is 24.4 Å². The third kappa shape index (κ3) is 2.45. The summed E-state index contributed by atoms with van der Waals surface area (Å²) in [5.74, 6) is 0.987. The van der Waals surface area contributed by atoms with Crippen LogP contribution in [0.5, 0.6) is 0 Å². The van der Waals surface area contributed by atoms with E-state index in [9.17, 15) is 5.26 Å². The van der Waals surface area contributed by atoms with Gasteiger partial charge in [0.1, 0.15) is 11.9 Å². The summed E-state index contributed by atoms with van der Waals surface area (Å²) >= 11 is 6.20. The van der Waals surface area contributed by atoms with Crippen molar-refractivity contribution in [3.63, 3.8) is 0 Å². The quantitative estimate of drug-likeness (QED) is 0.927. The van der Waals surface area contributed by atoms with E-state index in [4.69, 9.17) is 11.6 Å². The smallest absolute Gasteiger partial charge is 0.148 e. The number of nitriles is 1. The molecular formula is C15H13ClN4. The Bertz CT molecular complexity index is 702. The summed E-state index contributed by atoms with van der Waals surface area (Å²) in [5, 5.41) is 13.0. The SMILES string of the molecule is Cc1ncccc1Nc1nc(C2CC2)c(Cl)cc1C#N. The van der Waals surface area contributed by atoms with Crippen LogP contribution in [0, 0.1) is 18.3 Å². The zero-order valence-electron chi connectivity index (χ0n) is 11.0. The number of anilines is 2. The molecule has 0 radical (unpaired) electrons. The summed E-state index contributed by atoms with van der Waals surface area (Å²) < 4.78 is 0. The van der Waals surface area contributed by atoms with E-state index >= 15 is 0 Å². The van der Waals surface area contributed by atoms with Crippen molar-refractivity contribution in [1.82, 2.24) is 9.97 Å². The molecule has 0 atom stereocenters. The first-order valence-electron chi connectivity index (χ1n) is 6.48. The molecule has 0 bridgehead atoms. The second-order valence-corrected chi connectivity index (χ2v) is 5.31. The predicted octanol–water partition coefficient (Wildman–Crippen LogP) is 3.93. The lowest BCUT2D eigenvalue weighted by Crippen LogP contribution is -2.02. The van der Waals surface area contributed by atoms with Crippen LogP contribution in [0.4, 0.5) is 11.5 Å². The Morgan fingerprint density at radius 3 is 2.90 bits per heavy atom. The highest BCUT2D eigenvalue weighted by molar-refractivity contribution is 6.31. The van der Waals surface area contributed by atoms with Crippen molar-refractivity contribution in [1.29, 1.82) is 5.26 Å². The summed E-state index contributed by atoms with van der Waals surface area (Å²) in [6, 6.07) is 7.58. The lowest BCUT2D eigenvalue weighted by molar-refractivity contribution is 1.02. The van der Waals surface area contributed by atoms with E-state index in [1.807, 2.05) is 19.1 Å². The zero-order valence-corrected chi connectivity index (χ0v) is 11.8. The zero-order chi connectivity index (χ0) is 14.1. The van der Waals surface area contributed by atoms with Gasteiger partial charge in [-0.3, -0.25) is 4.98 Å². The third-order valence-corrected chi connectivity index (χ3v) is 3.65. The van der Waals surface area contributed by atoms with Crippen molar-refractivity contribution in [3.8, 4) is 6.07 Å². The lowest BCUT2D eigenvalue weighted by atomic mass is 10.2. The second-order valence-electron chi connectivity index (χ2n) is 4.90. The van der Waals surface area contributed by atoms with E-state index in [-0.39, 0.29) is 0 Å². The number of hydrogen-bond donors (Lipinski definition) is 1. The van der Waals surface area contributed by atoms with Gasteiger partial charge in [-0.15, -0.1) is 0 Å². The highest BCUT2D eigenvalue weighted by atomic mass is 35.5. The monoisotopic (exact) mass is 284 g/mol. The van der Waals surface area contributed by atoms with Crippen LogP contribution < -0.4 is 5.32 Å². The van der Waals surface area contributed by atoms with Gasteiger partial charge in [-0.25, -0.2) is 4.98 Å². The van der Waals surface area contributed by atoms with Crippen LogP contribution in [0.2, 0.25) is 5.02 Å². The Morgan fingerprint density at radius 2 is 2.25 bits per heavy atom. The number of aromatic nitrogens is 2. The third-order valence-electron chi connectivity index (χ3n) is 3.35. The van der Waals surface area contributed by atoms with E-state index in [2.05, 4.69) is 21.4 Å². The summed E-state index contributed by atoms with van der Waals surface area (Å²) in [6.45, 7) is 1.91. The van der Waals surface area contributed by atoms with Crippen molar-refractivity contribution in [2.75, 3.05) is 5.32 Å². The molecule has 0 spiro atoms. The molecule has 1 saturated carbocycles. The van der Waals surface area contributed by atoms with Gasteiger partial charge in [-0.05, 0) is 38.0 Å². The molecule has 0 unspecified atom stereocenters. The molecule has 0 amide bonds. The summed E-state index contributed by atoms with van der Waals surface area (Å²) in [5.41, 5.74) is 3.04. The van der Waals surface area contributed by atoms with E-state index in [0.717, 1.165) is 29.9 Å². The topological polar surface area (TPSA) is 61.6 Å². The summed E-state index contributed by atoms with van der Waals surface area (Å²) in [4.78, 5) is 8.77. The average Bonchev–Trinajstić information content (AvgIpc) is 3.27. The molecule has 1 aliphatic carbocycles. The Hall–Kier alpha value is -2.12. The number of nitrogens with one attached hydrogen (secondary N) is 1. The molecule has 4 nitrogen and oxygen atoms in total. The van der Waals surface area contributed by atoms with Crippen molar-refractivity contribution >= 4 is 23.1 Å². The first-order valence-corrected chi connectivity index (χ1v) is 6.86. The van der Waals surface area contributed by atoms with Crippen LogP contribution in [0.25, 0.3) is 0 Å². The van der Waals surface area contributed by atoms with E-state index in [1.165, 1.54) is 0 Å². The number of pyridine rings is 2. The maximum atomic E-state index is 9.23. The molecule has 0 saturated heterocycles. The largest absolute Gasteiger partial charge is 0.338 e. The average molecular weight is 285 g/mol. The van der Waals surface area contributed by atoms with Gasteiger partial charge >= 0.3 is 0 Å². The van der Waals surface area contributed by atoms with Crippen molar-refractivity contribution in [3.05, 3.63) is 46.4 Å². The fourth-order valence-corrected chi connectivity index (χ4v) is 2.38. The lowest BCUT2D eigenvalue weighted by Gasteiger charge is -2.11. The molecule has 100 valence electrons. The van der Waals surface area contributed by atoms with E-state index in [0.29, 0.717) is 22.3 Å². The first kappa shape index (κ1) is 12.9. The normalized spacial score (nSPS) is 13.8. The van der Waals surface area contributed by atoms with Crippen LogP contribution in [0.3, 0.4) is 0 Å². The number of hydrogen-bond acceptors (Lipinski definition) is 4. The van der Waals surface area contributed by atoms with Gasteiger partial charge in [0.15, 0.2) is 0 Å². The van der Waals surface area contributed by atoms with Gasteiger partial charge in [0.05, 0.1) is 27.7 Å². The van der Waals surface area contributed by atoms with Crippen LogP contribution in [-0.4, -0.2) is 9.97 Å². The molecule has 2 aromatic heterocycles. The number of nitrogens with zero attached hydrogens (tertiary/aromatic N) is 3. The Kier molecular flexibility index (Phi) is 3.29. The standard InChI is InChI=1S/C15H13ClN4/c1-9-13(3-2-6-18-9)19-15-11(8-17)7-12(16)14(20-15)10-4-5-10/h2-3,6-7,10H,4-5H2,1H3,(H,19,20). The van der Waals surface area contributed by atoms with E-state index in [1.54, 1.807) is 12.3 Å². The molecule has 2 aromatic rings. The van der Waals surface area contributed by atoms with Crippen LogP contribution >= 0.6 is 11.6 Å². The van der Waals surface area contributed by atoms with Gasteiger partial charge in [0, 0.05) is 12.1 Å². The molecule has 1 N–H and O–H groups in total. The maximum Gasteiger partial charge on any atom is 0.148 e. The molecule has 1 fully saturated rings. The Labute approximate surface area is 122 Å². The molecule has 5 heteroatoms. The molecule has 20 heavy (non-hydrogen) atoms. The minimum Gasteiger partial charge on any atom is -0.338 e. The maximum absolute atomic E-state index is 9.23. The van der Waals surface area contributed by atoms with Gasteiger partial charge < -0.3 is 5.32 Å². The summed E-state index contributed by atoms with van der Waals surface area (Å²) in [6.07, 6.45) is 3.96. The minimum atomic E-state index is 0.436. The molecule has 2 heterocycles. The molecule has 3 rings (SSSR count). The highest BCUT2D eigenvalue weighted by Crippen LogP contribution is 2.43. The number of halogens is 1. The van der Waals surface area contributed by atoms with E-state index < -0.39 is 0 Å². The minimum absolute atomic E-state index is 0.436. The molecule has 1 aliphatic rings. The van der Waals surface area contributed by atoms with Crippen molar-refractivity contribution in [2.24, 2.45) is 0 Å². The van der Waals surface area contributed by atoms with Crippen LogP contribution in [-0.2, 0) is 0 Å². The van der Waals surface area contributed by atoms with Crippen molar-refractivity contribution in [2.45, 2.75) is 25.7 Å². The predicted molar refractivity (Wildman–Crippen MR) is 78.2 cm³/mol. The summed E-state index contributed by atoms with van der Waals surface area (Å²) in [7, 11) is 0. The first-order chi connectivity index (χ1) is 9.69. The fourth-order valence-electron chi connectivity index (χ4n) is 2.07. The van der Waals surface area contributed by atoms with Gasteiger partial charge in [-0.2, -0.15) is 5.26 Å². The molecule has 0 aromatic carbocycles. The Morgan fingerprint density at radius 1 is 1.45 bits per heavy atom. The second kappa shape index (κ2) is 5.10. The van der Waals surface area contributed by atoms with Gasteiger partial charge in [0.2, 0.25) is 0 Å². The number of rotatable bonds is 3. The fraction of sp³-hybridized carbons (Fsp3) is 0.267. The molecule has 0 aliphatic heterocycles. The Balaban J connectivity index is 2.02. The van der Waals surface area contributed by atoms with Crippen molar-refractivity contribution < 1.29 is 0 Å². The number of aryl methyl sites for hydroxylation is 1. The van der Waals surface area contributed by atoms with Crippen LogP contribution in [0.1, 0.15) is 35.7 Å². The van der Waals surface area contributed by atoms with Gasteiger partial charge in [0.25, 0.3) is 0 Å². The highest BCUT2D eigenvalue weighted by Gasteiger charge is 2.28.